The molecule has 3 rings (SSSR count). The van der Waals surface area contributed by atoms with Gasteiger partial charge in [-0.05, 0) is 18.2 Å². The zero-order valence-electron chi connectivity index (χ0n) is 14.1. The van der Waals surface area contributed by atoms with E-state index in [4.69, 9.17) is 4.74 Å². The molecule has 1 aliphatic rings. The molecular weight excluding hydrogens is 346 g/mol. The zero-order chi connectivity index (χ0) is 18.0. The first-order valence-electron chi connectivity index (χ1n) is 7.86. The lowest BCUT2D eigenvalue weighted by atomic mass is 10.2. The molecule has 136 valence electrons. The van der Waals surface area contributed by atoms with Gasteiger partial charge in [0.25, 0.3) is 5.91 Å². The molecule has 9 nitrogen and oxygen atoms in total. The molecule has 10 heteroatoms. The summed E-state index contributed by atoms with van der Waals surface area (Å²) in [6, 6.07) is 5.49. The number of rotatable bonds is 5. The summed E-state index contributed by atoms with van der Waals surface area (Å²) in [5.74, 6) is -0.312. The maximum atomic E-state index is 12.3. The van der Waals surface area contributed by atoms with Gasteiger partial charge in [0.05, 0.1) is 24.7 Å². The fourth-order valence-corrected chi connectivity index (χ4v) is 3.56. The molecule has 1 amide bonds. The molecule has 1 atom stereocenters. The molecule has 0 aliphatic carbocycles. The summed E-state index contributed by atoms with van der Waals surface area (Å²) < 4.78 is 32.0. The molecule has 25 heavy (non-hydrogen) atoms. The smallest absolute Gasteiger partial charge is 0.269 e. The average molecular weight is 367 g/mol. The second-order valence-electron chi connectivity index (χ2n) is 6.00. The Labute approximate surface area is 146 Å². The largest absolute Gasteiger partial charge is 0.374 e. The number of aryl methyl sites for hydroxylation is 1. The second kappa shape index (κ2) is 6.98. The van der Waals surface area contributed by atoms with Crippen molar-refractivity contribution >= 4 is 15.9 Å². The monoisotopic (exact) mass is 367 g/mol. The van der Waals surface area contributed by atoms with E-state index in [1.807, 2.05) is 29.9 Å². The van der Waals surface area contributed by atoms with Crippen molar-refractivity contribution in [1.82, 2.24) is 24.4 Å². The number of amides is 1. The molecule has 2 aromatic heterocycles. The van der Waals surface area contributed by atoms with Gasteiger partial charge in [-0.15, -0.1) is 0 Å². The molecular formula is C15H21N5O4S. The highest BCUT2D eigenvalue weighted by molar-refractivity contribution is 7.88. The fourth-order valence-electron chi connectivity index (χ4n) is 2.72. The van der Waals surface area contributed by atoms with E-state index in [1.165, 1.54) is 10.6 Å². The number of carbonyl (C=O) groups is 1. The Morgan fingerprint density at radius 1 is 1.52 bits per heavy atom. The lowest BCUT2D eigenvalue weighted by Gasteiger charge is -2.31. The van der Waals surface area contributed by atoms with Crippen LogP contribution < -0.4 is 5.32 Å². The fraction of sp³-hybridized carbons (Fsp3) is 0.467. The molecule has 0 saturated carbocycles. The van der Waals surface area contributed by atoms with Crippen molar-refractivity contribution in [3.63, 3.8) is 0 Å². The molecule has 0 aromatic carbocycles. The summed E-state index contributed by atoms with van der Waals surface area (Å²) in [5.41, 5.74) is 1.91. The summed E-state index contributed by atoms with van der Waals surface area (Å²) in [4.78, 5) is 12.3. The Morgan fingerprint density at radius 2 is 2.32 bits per heavy atom. The minimum Gasteiger partial charge on any atom is -0.374 e. The van der Waals surface area contributed by atoms with E-state index in [0.29, 0.717) is 24.5 Å². The number of nitrogens with zero attached hydrogens (tertiary/aromatic N) is 3. The van der Waals surface area contributed by atoms with Crippen LogP contribution in [0.5, 0.6) is 0 Å². The number of hydrogen-bond donors (Lipinski definition) is 2. The first-order chi connectivity index (χ1) is 11.8. The van der Waals surface area contributed by atoms with Gasteiger partial charge in [0.1, 0.15) is 11.4 Å². The molecule has 1 aliphatic heterocycles. The van der Waals surface area contributed by atoms with E-state index in [-0.39, 0.29) is 25.1 Å². The van der Waals surface area contributed by atoms with Crippen LogP contribution in [0.1, 0.15) is 10.5 Å². The van der Waals surface area contributed by atoms with E-state index >= 15 is 0 Å². The Hall–Kier alpha value is -2.17. The van der Waals surface area contributed by atoms with Crippen molar-refractivity contribution in [2.75, 3.05) is 32.5 Å². The van der Waals surface area contributed by atoms with Crippen molar-refractivity contribution in [3.8, 4) is 11.4 Å². The number of H-pyrrole nitrogens is 1. The molecule has 3 heterocycles. The van der Waals surface area contributed by atoms with Crippen molar-refractivity contribution < 1.29 is 17.9 Å². The number of nitrogens with one attached hydrogen (secondary N) is 2. The number of hydrogen-bond acceptors (Lipinski definition) is 5. The minimum atomic E-state index is -3.25. The number of sulfonamides is 1. The van der Waals surface area contributed by atoms with Gasteiger partial charge < -0.3 is 14.6 Å². The van der Waals surface area contributed by atoms with Gasteiger partial charge in [-0.1, -0.05) is 0 Å². The molecule has 0 bridgehead atoms. The molecule has 0 radical (unpaired) electrons. The number of aromatic amines is 1. The van der Waals surface area contributed by atoms with Gasteiger partial charge >= 0.3 is 0 Å². The Balaban J connectivity index is 1.58. The standard InChI is InChI=1S/C15H21N5O4S/c1-19-5-3-4-14(19)12-8-13(18-17-12)15(21)16-9-11-10-20(6-7-24-11)25(2,22)23/h3-5,8,11H,6-7,9-10H2,1-2H3,(H,16,21)(H,17,18). The van der Waals surface area contributed by atoms with Crippen molar-refractivity contribution in [1.29, 1.82) is 0 Å². The normalized spacial score (nSPS) is 19.0. The number of carbonyl (C=O) groups excluding carboxylic acids is 1. The van der Waals surface area contributed by atoms with Crippen LogP contribution in [-0.2, 0) is 21.8 Å². The Kier molecular flexibility index (Phi) is 4.93. The number of aromatic nitrogens is 3. The summed E-state index contributed by atoms with van der Waals surface area (Å²) >= 11 is 0. The predicted molar refractivity (Wildman–Crippen MR) is 91.5 cm³/mol. The van der Waals surface area contributed by atoms with E-state index in [1.54, 1.807) is 6.07 Å². The van der Waals surface area contributed by atoms with Crippen LogP contribution in [0.4, 0.5) is 0 Å². The van der Waals surface area contributed by atoms with E-state index in [9.17, 15) is 13.2 Å². The molecule has 2 N–H and O–H groups in total. The average Bonchev–Trinajstić information content (AvgIpc) is 3.20. The summed E-state index contributed by atoms with van der Waals surface area (Å²) in [5, 5.41) is 9.62. The number of ether oxygens (including phenoxy) is 1. The summed E-state index contributed by atoms with van der Waals surface area (Å²) in [6.07, 6.45) is 2.70. The zero-order valence-corrected chi connectivity index (χ0v) is 14.9. The second-order valence-corrected chi connectivity index (χ2v) is 7.98. The highest BCUT2D eigenvalue weighted by atomic mass is 32.2. The SMILES string of the molecule is Cn1cccc1-c1cc(C(=O)NCC2CN(S(C)(=O)=O)CCO2)[nH]n1. The third kappa shape index (κ3) is 4.09. The van der Waals surface area contributed by atoms with Crippen LogP contribution in [0.3, 0.4) is 0 Å². The number of morpholine rings is 1. The predicted octanol–water partition coefficient (Wildman–Crippen LogP) is -0.195. The quantitative estimate of drug-likeness (QED) is 0.761. The molecule has 1 unspecified atom stereocenters. The van der Waals surface area contributed by atoms with Crippen molar-refractivity contribution in [2.24, 2.45) is 7.05 Å². The van der Waals surface area contributed by atoms with E-state index in [2.05, 4.69) is 15.5 Å². The van der Waals surface area contributed by atoms with Gasteiger partial charge in [-0.2, -0.15) is 9.40 Å². The summed E-state index contributed by atoms with van der Waals surface area (Å²) in [6.45, 7) is 1.11. The lowest BCUT2D eigenvalue weighted by Crippen LogP contribution is -2.49. The van der Waals surface area contributed by atoms with Gasteiger partial charge in [-0.3, -0.25) is 9.89 Å². The lowest BCUT2D eigenvalue weighted by molar-refractivity contribution is 0.000412. The van der Waals surface area contributed by atoms with Gasteiger partial charge in [-0.25, -0.2) is 8.42 Å². The van der Waals surface area contributed by atoms with Crippen molar-refractivity contribution in [3.05, 3.63) is 30.1 Å². The van der Waals surface area contributed by atoms with E-state index < -0.39 is 10.0 Å². The molecule has 2 aromatic rings. The first kappa shape index (κ1) is 17.6. The highest BCUT2D eigenvalue weighted by Crippen LogP contribution is 2.17. The Morgan fingerprint density at radius 3 is 3.00 bits per heavy atom. The molecule has 1 fully saturated rings. The maximum absolute atomic E-state index is 12.3. The van der Waals surface area contributed by atoms with Crippen LogP contribution in [0.15, 0.2) is 24.4 Å². The van der Waals surface area contributed by atoms with Crippen molar-refractivity contribution in [2.45, 2.75) is 6.10 Å². The van der Waals surface area contributed by atoms with Gasteiger partial charge in [0.2, 0.25) is 10.0 Å². The third-order valence-electron chi connectivity index (χ3n) is 4.09. The topological polar surface area (TPSA) is 109 Å². The van der Waals surface area contributed by atoms with Crippen LogP contribution >= 0.6 is 0 Å². The van der Waals surface area contributed by atoms with Crippen LogP contribution in [0.25, 0.3) is 11.4 Å². The molecule has 1 saturated heterocycles. The van der Waals surface area contributed by atoms with Crippen LogP contribution in [-0.4, -0.2) is 72.0 Å². The highest BCUT2D eigenvalue weighted by Gasteiger charge is 2.27. The van der Waals surface area contributed by atoms with Crippen LogP contribution in [0.2, 0.25) is 0 Å². The van der Waals surface area contributed by atoms with E-state index in [0.717, 1.165) is 5.69 Å². The minimum absolute atomic E-state index is 0.226. The Bertz CT molecular complexity index is 857. The van der Waals surface area contributed by atoms with Crippen LogP contribution in [0, 0.1) is 0 Å². The maximum Gasteiger partial charge on any atom is 0.269 e. The first-order valence-corrected chi connectivity index (χ1v) is 9.71. The third-order valence-corrected chi connectivity index (χ3v) is 5.36. The van der Waals surface area contributed by atoms with Gasteiger partial charge in [0, 0.05) is 32.9 Å². The van der Waals surface area contributed by atoms with Gasteiger partial charge in [0.15, 0.2) is 0 Å². The molecule has 0 spiro atoms. The summed E-state index contributed by atoms with van der Waals surface area (Å²) in [7, 11) is -1.35.